The van der Waals surface area contributed by atoms with Gasteiger partial charge in [-0.2, -0.15) is 0 Å². The summed E-state index contributed by atoms with van der Waals surface area (Å²) in [7, 11) is 4.57. The number of carbonyl (C=O) groups is 1. The lowest BCUT2D eigenvalue weighted by atomic mass is 10.1. The molecule has 0 atom stereocenters. The summed E-state index contributed by atoms with van der Waals surface area (Å²) in [6.07, 6.45) is 1.86. The minimum atomic E-state index is -0.108. The fourth-order valence-corrected chi connectivity index (χ4v) is 3.41. The van der Waals surface area contributed by atoms with Crippen LogP contribution in [-0.4, -0.2) is 60.2 Å². The Balaban J connectivity index is 1.37. The van der Waals surface area contributed by atoms with Gasteiger partial charge in [0.1, 0.15) is 18.1 Å². The van der Waals surface area contributed by atoms with Crippen molar-refractivity contribution in [1.29, 1.82) is 0 Å². The summed E-state index contributed by atoms with van der Waals surface area (Å²) in [5, 5.41) is 8.35. The molecule has 0 bridgehead atoms. The third kappa shape index (κ3) is 4.25. The number of aromatic nitrogens is 3. The first-order chi connectivity index (χ1) is 15.1. The summed E-state index contributed by atoms with van der Waals surface area (Å²) in [5.41, 5.74) is 1.21. The number of likely N-dealkylation sites (tertiary alicyclic amines) is 1. The first kappa shape index (κ1) is 20.5. The molecule has 1 aromatic heterocycles. The van der Waals surface area contributed by atoms with E-state index in [1.165, 1.54) is 21.3 Å². The van der Waals surface area contributed by atoms with E-state index < -0.39 is 0 Å². The number of methoxy groups -OCH3 is 3. The standard InChI is InChI=1S/C22H24N4O5/c1-28-19-9-15(10-20(29-2)21(19)30-3)22(27)25-12-17(13-25)26-11-16(23-24-26)14-31-18-7-5-4-6-8-18/h4-11,17H,12-14H2,1-3H3. The minimum Gasteiger partial charge on any atom is -0.493 e. The van der Waals surface area contributed by atoms with Crippen LogP contribution in [0.4, 0.5) is 0 Å². The number of rotatable bonds is 8. The molecule has 0 unspecified atom stereocenters. The van der Waals surface area contributed by atoms with Gasteiger partial charge in [0.2, 0.25) is 5.75 Å². The van der Waals surface area contributed by atoms with Gasteiger partial charge in [-0.15, -0.1) is 5.10 Å². The average Bonchev–Trinajstić information content (AvgIpc) is 3.24. The second-order valence-corrected chi connectivity index (χ2v) is 7.07. The highest BCUT2D eigenvalue weighted by atomic mass is 16.5. The highest BCUT2D eigenvalue weighted by molar-refractivity contribution is 5.96. The number of para-hydroxylation sites is 1. The number of hydrogen-bond acceptors (Lipinski definition) is 7. The molecule has 3 aromatic rings. The predicted molar refractivity (Wildman–Crippen MR) is 112 cm³/mol. The molecule has 1 aliphatic heterocycles. The molecule has 162 valence electrons. The van der Waals surface area contributed by atoms with E-state index in [1.54, 1.807) is 21.7 Å². The molecule has 9 heteroatoms. The summed E-state index contributed by atoms with van der Waals surface area (Å²) in [6.45, 7) is 1.42. The quantitative estimate of drug-likeness (QED) is 0.549. The van der Waals surface area contributed by atoms with Crippen molar-refractivity contribution in [3.05, 3.63) is 59.9 Å². The van der Waals surface area contributed by atoms with E-state index in [-0.39, 0.29) is 11.9 Å². The molecule has 2 heterocycles. The Morgan fingerprint density at radius 1 is 1.03 bits per heavy atom. The molecule has 0 saturated carbocycles. The van der Waals surface area contributed by atoms with Crippen LogP contribution in [0.25, 0.3) is 0 Å². The zero-order valence-corrected chi connectivity index (χ0v) is 17.6. The Morgan fingerprint density at radius 2 is 1.71 bits per heavy atom. The number of benzene rings is 2. The summed E-state index contributed by atoms with van der Waals surface area (Å²) in [4.78, 5) is 14.7. The number of hydrogen-bond donors (Lipinski definition) is 0. The van der Waals surface area contributed by atoms with Crippen molar-refractivity contribution in [2.24, 2.45) is 0 Å². The lowest BCUT2D eigenvalue weighted by Crippen LogP contribution is -2.50. The van der Waals surface area contributed by atoms with Crippen molar-refractivity contribution in [2.45, 2.75) is 12.6 Å². The highest BCUT2D eigenvalue weighted by Crippen LogP contribution is 2.39. The average molecular weight is 424 g/mol. The minimum absolute atomic E-state index is 0.0731. The summed E-state index contributed by atoms with van der Waals surface area (Å²) in [5.74, 6) is 2.02. The third-order valence-electron chi connectivity index (χ3n) is 5.12. The van der Waals surface area contributed by atoms with Crippen LogP contribution < -0.4 is 18.9 Å². The second-order valence-electron chi connectivity index (χ2n) is 7.07. The van der Waals surface area contributed by atoms with Gasteiger partial charge in [0, 0.05) is 18.7 Å². The predicted octanol–water partition coefficient (Wildman–Crippen LogP) is 2.58. The van der Waals surface area contributed by atoms with Crippen molar-refractivity contribution in [1.82, 2.24) is 19.9 Å². The van der Waals surface area contributed by atoms with Crippen LogP contribution in [0.2, 0.25) is 0 Å². The van der Waals surface area contributed by atoms with Crippen LogP contribution in [0, 0.1) is 0 Å². The van der Waals surface area contributed by atoms with Gasteiger partial charge in [0.05, 0.1) is 33.6 Å². The molecule has 4 rings (SSSR count). The van der Waals surface area contributed by atoms with Gasteiger partial charge in [-0.3, -0.25) is 4.79 Å². The molecule has 1 fully saturated rings. The molecule has 1 aliphatic rings. The Kier molecular flexibility index (Phi) is 5.92. The van der Waals surface area contributed by atoms with E-state index in [9.17, 15) is 4.79 Å². The lowest BCUT2D eigenvalue weighted by molar-refractivity contribution is 0.0497. The summed E-state index contributed by atoms with van der Waals surface area (Å²) < 4.78 is 23.5. The molecule has 0 N–H and O–H groups in total. The fourth-order valence-electron chi connectivity index (χ4n) is 3.41. The first-order valence-electron chi connectivity index (χ1n) is 9.80. The Morgan fingerprint density at radius 3 is 2.32 bits per heavy atom. The normalized spacial score (nSPS) is 13.5. The maximum Gasteiger partial charge on any atom is 0.254 e. The number of ether oxygens (including phenoxy) is 4. The monoisotopic (exact) mass is 424 g/mol. The SMILES string of the molecule is COc1cc(C(=O)N2CC(n3cc(COc4ccccc4)nn3)C2)cc(OC)c1OC. The topological polar surface area (TPSA) is 87.9 Å². The van der Waals surface area contributed by atoms with Crippen LogP contribution in [0.5, 0.6) is 23.0 Å². The summed E-state index contributed by atoms with van der Waals surface area (Å²) in [6, 6.07) is 12.9. The molecular weight excluding hydrogens is 400 g/mol. The van der Waals surface area contributed by atoms with Crippen molar-refractivity contribution < 1.29 is 23.7 Å². The van der Waals surface area contributed by atoms with Crippen LogP contribution in [-0.2, 0) is 6.61 Å². The number of nitrogens with zero attached hydrogens (tertiary/aromatic N) is 4. The van der Waals surface area contributed by atoms with Crippen LogP contribution >= 0.6 is 0 Å². The van der Waals surface area contributed by atoms with E-state index in [2.05, 4.69) is 10.3 Å². The van der Waals surface area contributed by atoms with Crippen molar-refractivity contribution in [2.75, 3.05) is 34.4 Å². The third-order valence-corrected chi connectivity index (χ3v) is 5.12. The van der Waals surface area contributed by atoms with Gasteiger partial charge in [0.25, 0.3) is 5.91 Å². The maximum atomic E-state index is 12.9. The fraction of sp³-hybridized carbons (Fsp3) is 0.318. The first-order valence-corrected chi connectivity index (χ1v) is 9.80. The van der Waals surface area contributed by atoms with Gasteiger partial charge >= 0.3 is 0 Å². The molecule has 0 radical (unpaired) electrons. The Bertz CT molecular complexity index is 1020. The van der Waals surface area contributed by atoms with E-state index in [4.69, 9.17) is 18.9 Å². The van der Waals surface area contributed by atoms with Crippen molar-refractivity contribution in [3.63, 3.8) is 0 Å². The van der Waals surface area contributed by atoms with Gasteiger partial charge in [-0.1, -0.05) is 23.4 Å². The Labute approximate surface area is 180 Å². The molecule has 0 spiro atoms. The van der Waals surface area contributed by atoms with E-state index in [0.29, 0.717) is 42.5 Å². The zero-order chi connectivity index (χ0) is 21.8. The van der Waals surface area contributed by atoms with E-state index >= 15 is 0 Å². The Hall–Kier alpha value is -3.75. The largest absolute Gasteiger partial charge is 0.493 e. The molecule has 0 aliphatic carbocycles. The number of amides is 1. The van der Waals surface area contributed by atoms with E-state index in [1.807, 2.05) is 36.5 Å². The number of carbonyl (C=O) groups excluding carboxylic acids is 1. The zero-order valence-electron chi connectivity index (χ0n) is 17.6. The van der Waals surface area contributed by atoms with Crippen LogP contribution in [0.1, 0.15) is 22.1 Å². The van der Waals surface area contributed by atoms with Crippen molar-refractivity contribution >= 4 is 5.91 Å². The maximum absolute atomic E-state index is 12.9. The molecule has 1 saturated heterocycles. The smallest absolute Gasteiger partial charge is 0.254 e. The lowest BCUT2D eigenvalue weighted by Gasteiger charge is -2.39. The van der Waals surface area contributed by atoms with Gasteiger partial charge < -0.3 is 23.8 Å². The molecule has 2 aromatic carbocycles. The second kappa shape index (κ2) is 8.95. The molecule has 31 heavy (non-hydrogen) atoms. The van der Waals surface area contributed by atoms with Gasteiger partial charge in [-0.25, -0.2) is 4.68 Å². The molecule has 9 nitrogen and oxygen atoms in total. The van der Waals surface area contributed by atoms with Gasteiger partial charge in [0.15, 0.2) is 11.5 Å². The van der Waals surface area contributed by atoms with Gasteiger partial charge in [-0.05, 0) is 24.3 Å². The summed E-state index contributed by atoms with van der Waals surface area (Å²) >= 11 is 0. The highest BCUT2D eigenvalue weighted by Gasteiger charge is 2.34. The van der Waals surface area contributed by atoms with Crippen LogP contribution in [0.15, 0.2) is 48.7 Å². The van der Waals surface area contributed by atoms with Crippen molar-refractivity contribution in [3.8, 4) is 23.0 Å². The van der Waals surface area contributed by atoms with E-state index in [0.717, 1.165) is 11.4 Å². The molecule has 1 amide bonds. The molecular formula is C22H24N4O5. The van der Waals surface area contributed by atoms with Crippen LogP contribution in [0.3, 0.4) is 0 Å².